The van der Waals surface area contributed by atoms with Crippen LogP contribution in [0, 0.1) is 0 Å². The molecule has 0 unspecified atom stereocenters. The number of furan rings is 1. The van der Waals surface area contributed by atoms with Crippen molar-refractivity contribution < 1.29 is 14.0 Å². The molecule has 24 heavy (non-hydrogen) atoms. The molecular weight excluding hydrogens is 346 g/mol. The van der Waals surface area contributed by atoms with E-state index in [-0.39, 0.29) is 5.11 Å². The van der Waals surface area contributed by atoms with Gasteiger partial charge in [-0.05, 0) is 55.3 Å². The second-order valence-corrected chi connectivity index (χ2v) is 6.73. The Balaban J connectivity index is 1.65. The molecule has 0 atom stereocenters. The predicted molar refractivity (Wildman–Crippen MR) is 97.0 cm³/mol. The van der Waals surface area contributed by atoms with E-state index in [4.69, 9.17) is 22.4 Å². The quantitative estimate of drug-likeness (QED) is 0.574. The molecule has 2 aromatic rings. The van der Waals surface area contributed by atoms with Gasteiger partial charge in [-0.3, -0.25) is 14.9 Å². The summed E-state index contributed by atoms with van der Waals surface area (Å²) in [4.78, 5) is 24.7. The fraction of sp³-hybridized carbons (Fsp3) is 0.188. The van der Waals surface area contributed by atoms with Crippen molar-refractivity contribution >= 4 is 51.6 Å². The molecule has 0 bridgehead atoms. The van der Waals surface area contributed by atoms with Crippen LogP contribution in [0.1, 0.15) is 33.0 Å². The molecule has 6 nitrogen and oxygen atoms in total. The Bertz CT molecular complexity index is 822. The summed E-state index contributed by atoms with van der Waals surface area (Å²) >= 11 is 6.59. The van der Waals surface area contributed by atoms with Crippen LogP contribution in [0.2, 0.25) is 0 Å². The predicted octanol–water partition coefficient (Wildman–Crippen LogP) is 2.46. The van der Waals surface area contributed by atoms with Crippen molar-refractivity contribution in [2.45, 2.75) is 19.3 Å². The van der Waals surface area contributed by atoms with Crippen LogP contribution in [0.5, 0.6) is 0 Å². The number of hydrogen-bond acceptors (Lipinski definition) is 5. The molecule has 0 saturated carbocycles. The van der Waals surface area contributed by atoms with Crippen LogP contribution >= 0.6 is 23.6 Å². The highest BCUT2D eigenvalue weighted by molar-refractivity contribution is 7.80. The maximum absolute atomic E-state index is 11.8. The number of aryl methyl sites for hydroxylation is 1. The van der Waals surface area contributed by atoms with Gasteiger partial charge in [0.2, 0.25) is 5.91 Å². The fourth-order valence-electron chi connectivity index (χ4n) is 2.58. The van der Waals surface area contributed by atoms with E-state index in [0.717, 1.165) is 29.7 Å². The second kappa shape index (κ2) is 6.98. The number of carbonyl (C=O) groups is 2. The normalized spacial score (nSPS) is 13.0. The van der Waals surface area contributed by atoms with E-state index in [2.05, 4.69) is 10.6 Å². The molecule has 1 aliphatic carbocycles. The number of carbonyl (C=O) groups excluding carboxylic acids is 2. The molecule has 2 heterocycles. The number of nitrogens with two attached hydrogens (primary N) is 1. The Kier molecular flexibility index (Phi) is 4.77. The summed E-state index contributed by atoms with van der Waals surface area (Å²) in [5, 5.41) is 6.14. The number of amides is 2. The minimum absolute atomic E-state index is 0.117. The van der Waals surface area contributed by atoms with E-state index in [1.54, 1.807) is 12.1 Å². The minimum Gasteiger partial charge on any atom is -0.465 e. The Labute approximate surface area is 147 Å². The van der Waals surface area contributed by atoms with Crippen LogP contribution in [0.25, 0.3) is 6.08 Å². The van der Waals surface area contributed by atoms with Gasteiger partial charge in [-0.15, -0.1) is 11.3 Å². The van der Waals surface area contributed by atoms with Crippen LogP contribution in [-0.4, -0.2) is 16.9 Å². The van der Waals surface area contributed by atoms with Gasteiger partial charge in [-0.25, -0.2) is 0 Å². The third kappa shape index (κ3) is 3.55. The van der Waals surface area contributed by atoms with Gasteiger partial charge in [0, 0.05) is 11.0 Å². The molecule has 1 aliphatic rings. The number of thiophene rings is 1. The van der Waals surface area contributed by atoms with Crippen LogP contribution in [-0.2, 0) is 17.6 Å². The lowest BCUT2D eigenvalue weighted by atomic mass is 10.1. The highest BCUT2D eigenvalue weighted by Gasteiger charge is 2.25. The first kappa shape index (κ1) is 16.4. The molecule has 2 amide bonds. The lowest BCUT2D eigenvalue weighted by Gasteiger charge is -2.08. The molecule has 0 fully saturated rings. The smallest absolute Gasteiger partial charge is 0.251 e. The minimum atomic E-state index is -0.483. The summed E-state index contributed by atoms with van der Waals surface area (Å²) < 4.78 is 5.10. The molecule has 4 N–H and O–H groups in total. The molecule has 0 aliphatic heterocycles. The topological polar surface area (TPSA) is 97.4 Å². The van der Waals surface area contributed by atoms with E-state index in [0.29, 0.717) is 16.3 Å². The Hall–Kier alpha value is -2.45. The van der Waals surface area contributed by atoms with Gasteiger partial charge < -0.3 is 15.5 Å². The summed E-state index contributed by atoms with van der Waals surface area (Å²) in [6, 6.07) is 3.46. The maximum Gasteiger partial charge on any atom is 0.251 e. The highest BCUT2D eigenvalue weighted by Crippen LogP contribution is 2.38. The van der Waals surface area contributed by atoms with Crippen molar-refractivity contribution in [1.82, 2.24) is 5.32 Å². The van der Waals surface area contributed by atoms with Gasteiger partial charge in [0.1, 0.15) is 10.8 Å². The second-order valence-electron chi connectivity index (χ2n) is 5.22. The van der Waals surface area contributed by atoms with E-state index in [1.165, 1.54) is 29.8 Å². The van der Waals surface area contributed by atoms with E-state index in [1.807, 2.05) is 0 Å². The number of nitrogens with one attached hydrogen (secondary N) is 2. The number of fused-ring (bicyclic) bond motifs is 1. The van der Waals surface area contributed by atoms with Crippen LogP contribution in [0.4, 0.5) is 5.00 Å². The Morgan fingerprint density at radius 2 is 2.21 bits per heavy atom. The lowest BCUT2D eigenvalue weighted by Crippen LogP contribution is -2.33. The average Bonchev–Trinajstić information content (AvgIpc) is 3.20. The zero-order valence-electron chi connectivity index (χ0n) is 12.6. The highest BCUT2D eigenvalue weighted by atomic mass is 32.1. The summed E-state index contributed by atoms with van der Waals surface area (Å²) in [5.41, 5.74) is 6.97. The van der Waals surface area contributed by atoms with Crippen molar-refractivity contribution in [2.75, 3.05) is 5.32 Å². The van der Waals surface area contributed by atoms with E-state index in [9.17, 15) is 9.59 Å². The van der Waals surface area contributed by atoms with Gasteiger partial charge in [0.15, 0.2) is 5.11 Å². The van der Waals surface area contributed by atoms with Gasteiger partial charge in [-0.1, -0.05) is 0 Å². The largest absolute Gasteiger partial charge is 0.465 e. The first-order valence-electron chi connectivity index (χ1n) is 7.32. The van der Waals surface area contributed by atoms with Crippen molar-refractivity contribution in [3.63, 3.8) is 0 Å². The summed E-state index contributed by atoms with van der Waals surface area (Å²) in [7, 11) is 0. The van der Waals surface area contributed by atoms with Crippen LogP contribution in [0.3, 0.4) is 0 Å². The number of anilines is 1. The zero-order chi connectivity index (χ0) is 17.1. The van der Waals surface area contributed by atoms with Gasteiger partial charge in [-0.2, -0.15) is 0 Å². The van der Waals surface area contributed by atoms with Crippen LogP contribution in [0.15, 0.2) is 28.9 Å². The lowest BCUT2D eigenvalue weighted by molar-refractivity contribution is -0.115. The van der Waals surface area contributed by atoms with Gasteiger partial charge in [0.25, 0.3) is 5.91 Å². The molecule has 8 heteroatoms. The first-order chi connectivity index (χ1) is 11.5. The molecule has 3 rings (SSSR count). The van der Waals surface area contributed by atoms with Crippen LogP contribution < -0.4 is 16.4 Å². The zero-order valence-corrected chi connectivity index (χ0v) is 14.3. The van der Waals surface area contributed by atoms with Crippen molar-refractivity contribution in [3.8, 4) is 0 Å². The Morgan fingerprint density at radius 1 is 1.38 bits per heavy atom. The maximum atomic E-state index is 11.8. The third-order valence-electron chi connectivity index (χ3n) is 3.57. The summed E-state index contributed by atoms with van der Waals surface area (Å²) in [6.07, 6.45) is 7.18. The molecule has 0 aromatic carbocycles. The molecule has 0 radical (unpaired) electrons. The number of thiocarbonyl (C=S) groups is 1. The van der Waals surface area contributed by atoms with E-state index < -0.39 is 11.8 Å². The van der Waals surface area contributed by atoms with Gasteiger partial charge >= 0.3 is 0 Å². The van der Waals surface area contributed by atoms with Gasteiger partial charge in [0.05, 0.1) is 11.8 Å². The average molecular weight is 361 g/mol. The summed E-state index contributed by atoms with van der Waals surface area (Å²) in [6.45, 7) is 0. The molecular formula is C16H15N3O3S2. The molecule has 2 aromatic heterocycles. The molecule has 0 saturated heterocycles. The first-order valence-corrected chi connectivity index (χ1v) is 8.55. The van der Waals surface area contributed by atoms with Crippen molar-refractivity contribution in [2.24, 2.45) is 5.73 Å². The number of primary amides is 1. The monoisotopic (exact) mass is 361 g/mol. The van der Waals surface area contributed by atoms with Crippen molar-refractivity contribution in [1.29, 1.82) is 0 Å². The molecule has 0 spiro atoms. The SMILES string of the molecule is NC(=O)c1c(NC(=S)NC(=O)/C=C/c2ccco2)sc2c1CCC2. The Morgan fingerprint density at radius 3 is 2.92 bits per heavy atom. The fourth-order valence-corrected chi connectivity index (χ4v) is 4.15. The third-order valence-corrected chi connectivity index (χ3v) is 4.99. The molecule has 124 valence electrons. The number of hydrogen-bond donors (Lipinski definition) is 3. The number of rotatable bonds is 4. The standard InChI is InChI=1S/C16H15N3O3S2/c17-14(21)13-10-4-1-5-11(10)24-15(13)19-16(23)18-12(20)7-6-9-3-2-8-22-9/h2-3,6-8H,1,4-5H2,(H2,17,21)(H2,18,19,20,23)/b7-6+. The van der Waals surface area contributed by atoms with E-state index >= 15 is 0 Å². The van der Waals surface area contributed by atoms with Crippen molar-refractivity contribution in [3.05, 3.63) is 46.2 Å². The summed E-state index contributed by atoms with van der Waals surface area (Å²) in [5.74, 6) is -0.313.